The van der Waals surface area contributed by atoms with Crippen LogP contribution in [-0.4, -0.2) is 26.6 Å². The number of hydrogen-bond donors (Lipinski definition) is 0. The van der Waals surface area contributed by atoms with Crippen LogP contribution in [-0.2, 0) is 0 Å². The second-order valence-corrected chi connectivity index (χ2v) is 6.84. The van der Waals surface area contributed by atoms with Crippen molar-refractivity contribution < 1.29 is 13.5 Å². The van der Waals surface area contributed by atoms with Gasteiger partial charge in [-0.3, -0.25) is 4.79 Å². The van der Waals surface area contributed by atoms with Crippen molar-refractivity contribution in [2.45, 2.75) is 24.9 Å². The fourth-order valence-electron chi connectivity index (χ4n) is 2.88. The number of aromatic nitrogens is 3. The summed E-state index contributed by atoms with van der Waals surface area (Å²) in [7, 11) is 0. The molecule has 1 aliphatic rings. The lowest BCUT2D eigenvalue weighted by molar-refractivity contribution is -0.135. The molecule has 0 spiro atoms. The zero-order valence-electron chi connectivity index (χ0n) is 13.1. The zero-order chi connectivity index (χ0) is 18.5. The summed E-state index contributed by atoms with van der Waals surface area (Å²) in [6.45, 7) is 0. The summed E-state index contributed by atoms with van der Waals surface area (Å²) in [5.74, 6) is -2.51. The van der Waals surface area contributed by atoms with Crippen LogP contribution in [0.3, 0.4) is 0 Å². The number of hydrogen-bond acceptors (Lipinski definition) is 4. The molecule has 0 aliphatic heterocycles. The maximum atomic E-state index is 12.9. The largest absolute Gasteiger partial charge is 0.473 e. The van der Waals surface area contributed by atoms with Gasteiger partial charge in [0.2, 0.25) is 5.88 Å². The molecule has 0 atom stereocenters. The quantitative estimate of drug-likeness (QED) is 0.663. The third-order valence-corrected chi connectivity index (χ3v) is 4.77. The Bertz CT molecular complexity index is 1040. The van der Waals surface area contributed by atoms with E-state index in [0.717, 1.165) is 0 Å². The highest BCUT2D eigenvalue weighted by molar-refractivity contribution is 6.39. The molecule has 26 heavy (non-hydrogen) atoms. The van der Waals surface area contributed by atoms with Gasteiger partial charge in [-0.25, -0.2) is 13.3 Å². The number of benzene rings is 1. The Kier molecular flexibility index (Phi) is 4.08. The van der Waals surface area contributed by atoms with Crippen LogP contribution in [0.25, 0.3) is 16.6 Å². The first-order chi connectivity index (χ1) is 12.3. The number of nitrogens with zero attached hydrogens (tertiary/aromatic N) is 3. The zero-order valence-corrected chi connectivity index (χ0v) is 14.6. The lowest BCUT2D eigenvalue weighted by Crippen LogP contribution is -2.43. The van der Waals surface area contributed by atoms with Crippen molar-refractivity contribution in [1.82, 2.24) is 14.6 Å². The molecule has 1 fully saturated rings. The van der Waals surface area contributed by atoms with E-state index in [9.17, 15) is 13.6 Å². The molecule has 0 unspecified atom stereocenters. The Balaban J connectivity index is 1.78. The van der Waals surface area contributed by atoms with Crippen molar-refractivity contribution in [3.63, 3.8) is 0 Å². The van der Waals surface area contributed by atoms with Gasteiger partial charge in [0.15, 0.2) is 0 Å². The molecule has 1 aliphatic carbocycles. The summed E-state index contributed by atoms with van der Waals surface area (Å²) >= 11 is 12.4. The molecule has 0 bridgehead atoms. The molecule has 0 radical (unpaired) electrons. The van der Waals surface area contributed by atoms with Crippen LogP contribution in [0.1, 0.15) is 12.8 Å². The number of fused-ring (bicyclic) bond motifs is 1. The van der Waals surface area contributed by atoms with E-state index in [1.807, 2.05) is 0 Å². The Morgan fingerprint density at radius 1 is 1.12 bits per heavy atom. The summed E-state index contributed by atoms with van der Waals surface area (Å²) in [4.78, 5) is 16.1. The fourth-order valence-corrected chi connectivity index (χ4v) is 3.47. The average molecular weight is 398 g/mol. The van der Waals surface area contributed by atoms with E-state index in [0.29, 0.717) is 21.1 Å². The van der Waals surface area contributed by atoms with Gasteiger partial charge in [0, 0.05) is 24.5 Å². The Morgan fingerprint density at radius 3 is 2.46 bits per heavy atom. The van der Waals surface area contributed by atoms with Crippen LogP contribution >= 0.6 is 23.2 Å². The third-order valence-electron chi connectivity index (χ3n) is 4.14. The fraction of sp³-hybridized carbons (Fsp3) is 0.235. The topological polar surface area (TPSA) is 56.5 Å². The lowest BCUT2D eigenvalue weighted by atomic mass is 9.91. The number of ether oxygens (including phenoxy) is 1. The second-order valence-electron chi connectivity index (χ2n) is 6.03. The molecular formula is C17H11Cl2F2N3O2. The van der Waals surface area contributed by atoms with Crippen molar-refractivity contribution in [1.29, 1.82) is 0 Å². The molecule has 1 saturated carbocycles. The molecule has 0 amide bonds. The average Bonchev–Trinajstić information content (AvgIpc) is 2.55. The molecule has 2 heterocycles. The molecular weight excluding hydrogens is 387 g/mol. The van der Waals surface area contributed by atoms with Gasteiger partial charge in [-0.1, -0.05) is 29.3 Å². The predicted octanol–water partition coefficient (Wildman–Crippen LogP) is 4.24. The van der Waals surface area contributed by atoms with Crippen LogP contribution in [0.5, 0.6) is 5.88 Å². The highest BCUT2D eigenvalue weighted by Crippen LogP contribution is 2.39. The van der Waals surface area contributed by atoms with Gasteiger partial charge in [-0.2, -0.15) is 4.98 Å². The van der Waals surface area contributed by atoms with E-state index in [4.69, 9.17) is 27.9 Å². The minimum atomic E-state index is -2.68. The van der Waals surface area contributed by atoms with Crippen LogP contribution < -0.4 is 10.3 Å². The first-order valence-corrected chi connectivity index (χ1v) is 8.47. The van der Waals surface area contributed by atoms with Crippen LogP contribution in [0.2, 0.25) is 10.0 Å². The Hall–Kier alpha value is -2.25. The number of alkyl halides is 2. The van der Waals surface area contributed by atoms with Crippen LogP contribution in [0.4, 0.5) is 8.78 Å². The molecule has 134 valence electrons. The standard InChI is InChI=1S/C17H11Cl2F2N3O2/c18-10-2-1-3-11(19)14(10)15-12-4-5-13(23-24(12)8-22-16(15)25)26-9-6-17(20,21)7-9/h1-5,8-9H,6-7H2. The van der Waals surface area contributed by atoms with Gasteiger partial charge in [0.1, 0.15) is 12.4 Å². The van der Waals surface area contributed by atoms with Gasteiger partial charge in [0.25, 0.3) is 11.5 Å². The molecule has 4 rings (SSSR count). The predicted molar refractivity (Wildman–Crippen MR) is 93.3 cm³/mol. The van der Waals surface area contributed by atoms with Gasteiger partial charge in [-0.05, 0) is 18.2 Å². The van der Waals surface area contributed by atoms with Crippen LogP contribution in [0.15, 0.2) is 41.5 Å². The van der Waals surface area contributed by atoms with E-state index in [1.165, 1.54) is 16.9 Å². The molecule has 2 aromatic heterocycles. The third kappa shape index (κ3) is 3.01. The van der Waals surface area contributed by atoms with Gasteiger partial charge < -0.3 is 4.74 Å². The summed E-state index contributed by atoms with van der Waals surface area (Å²) in [6.07, 6.45) is -0.0286. The minimum Gasteiger partial charge on any atom is -0.473 e. The normalized spacial score (nSPS) is 16.5. The molecule has 3 aromatic rings. The van der Waals surface area contributed by atoms with Crippen molar-refractivity contribution in [3.8, 4) is 17.0 Å². The van der Waals surface area contributed by atoms with Crippen molar-refractivity contribution >= 4 is 28.7 Å². The Labute approximate surface area is 156 Å². The summed E-state index contributed by atoms with van der Waals surface area (Å²) in [6, 6.07) is 8.01. The number of rotatable bonds is 3. The van der Waals surface area contributed by atoms with E-state index in [2.05, 4.69) is 10.1 Å². The second kappa shape index (κ2) is 6.17. The summed E-state index contributed by atoms with van der Waals surface area (Å²) < 4.78 is 32.6. The maximum Gasteiger partial charge on any atom is 0.281 e. The monoisotopic (exact) mass is 397 g/mol. The van der Waals surface area contributed by atoms with E-state index >= 15 is 0 Å². The molecule has 9 heteroatoms. The maximum absolute atomic E-state index is 12.9. The first-order valence-electron chi connectivity index (χ1n) is 7.72. The SMILES string of the molecule is O=c1ncn2nc(OC3CC(F)(F)C3)ccc2c1-c1c(Cl)cccc1Cl. The van der Waals surface area contributed by atoms with E-state index in [1.54, 1.807) is 24.3 Å². The molecule has 1 aromatic carbocycles. The van der Waals surface area contributed by atoms with Gasteiger partial charge >= 0.3 is 0 Å². The smallest absolute Gasteiger partial charge is 0.281 e. The minimum absolute atomic E-state index is 0.166. The number of halogens is 4. The Morgan fingerprint density at radius 2 is 1.81 bits per heavy atom. The van der Waals surface area contributed by atoms with E-state index < -0.39 is 17.6 Å². The molecule has 5 nitrogen and oxygen atoms in total. The summed E-state index contributed by atoms with van der Waals surface area (Å²) in [5, 5.41) is 4.81. The van der Waals surface area contributed by atoms with E-state index in [-0.39, 0.29) is 24.3 Å². The van der Waals surface area contributed by atoms with Gasteiger partial charge in [0.05, 0.1) is 21.1 Å². The van der Waals surface area contributed by atoms with Crippen LogP contribution in [0, 0.1) is 0 Å². The molecule has 0 N–H and O–H groups in total. The van der Waals surface area contributed by atoms with Crippen molar-refractivity contribution in [3.05, 3.63) is 57.1 Å². The van der Waals surface area contributed by atoms with Crippen molar-refractivity contribution in [2.75, 3.05) is 0 Å². The highest BCUT2D eigenvalue weighted by Gasteiger charge is 2.47. The first kappa shape index (κ1) is 17.2. The highest BCUT2D eigenvalue weighted by atomic mass is 35.5. The molecule has 0 saturated heterocycles. The lowest BCUT2D eigenvalue weighted by Gasteiger charge is -2.34. The summed E-state index contributed by atoms with van der Waals surface area (Å²) in [5.41, 5.74) is 0.484. The van der Waals surface area contributed by atoms with Gasteiger partial charge in [-0.15, -0.1) is 5.10 Å². The van der Waals surface area contributed by atoms with Crippen molar-refractivity contribution in [2.24, 2.45) is 0 Å².